The Balaban J connectivity index is 2.42. The molecule has 1 aromatic rings. The van der Waals surface area contributed by atoms with E-state index >= 15 is 0 Å². The molecule has 0 bridgehead atoms. The van der Waals surface area contributed by atoms with Gasteiger partial charge in [0.15, 0.2) is 0 Å². The van der Waals surface area contributed by atoms with Gasteiger partial charge in [0, 0.05) is 6.42 Å². The summed E-state index contributed by atoms with van der Waals surface area (Å²) in [6.45, 7) is 6.77. The van der Waals surface area contributed by atoms with Gasteiger partial charge in [-0.25, -0.2) is 4.79 Å². The molecular weight excluding hydrogens is 292 g/mol. The number of carboxylic acids is 1. The normalized spacial score (nSPS) is 11.0. The Kier molecular flexibility index (Phi) is 7.81. The Labute approximate surface area is 137 Å². The van der Waals surface area contributed by atoms with Crippen LogP contribution >= 0.6 is 0 Å². The van der Waals surface area contributed by atoms with Crippen molar-refractivity contribution in [2.75, 3.05) is 6.61 Å². The van der Waals surface area contributed by atoms with Gasteiger partial charge >= 0.3 is 5.97 Å². The number of carboxylic acid groups (broad SMARTS) is 1. The van der Waals surface area contributed by atoms with Crippen molar-refractivity contribution in [2.45, 2.75) is 40.0 Å². The second-order valence-electron chi connectivity index (χ2n) is 5.73. The molecular formula is C19H24O4. The molecule has 0 amide bonds. The van der Waals surface area contributed by atoms with E-state index in [1.54, 1.807) is 24.3 Å². The number of Topliss-reactive ketones (excluding diaryl/α,β-unsaturated/α-hetero) is 1. The van der Waals surface area contributed by atoms with E-state index in [9.17, 15) is 9.59 Å². The zero-order valence-electron chi connectivity index (χ0n) is 14.0. The van der Waals surface area contributed by atoms with Crippen molar-refractivity contribution in [2.24, 2.45) is 0 Å². The quantitative estimate of drug-likeness (QED) is 0.553. The summed E-state index contributed by atoms with van der Waals surface area (Å²) in [5.41, 5.74) is 3.28. The molecule has 0 radical (unpaired) electrons. The van der Waals surface area contributed by atoms with Crippen LogP contribution in [0.4, 0.5) is 0 Å². The van der Waals surface area contributed by atoms with Gasteiger partial charge in [-0.15, -0.1) is 0 Å². The summed E-state index contributed by atoms with van der Waals surface area (Å²) < 4.78 is 5.62. The molecule has 0 saturated heterocycles. The second-order valence-corrected chi connectivity index (χ2v) is 5.73. The van der Waals surface area contributed by atoms with Crippen LogP contribution in [0.5, 0.6) is 5.75 Å². The lowest BCUT2D eigenvalue weighted by Gasteiger charge is -2.05. The molecule has 1 N–H and O–H groups in total. The first-order chi connectivity index (χ1) is 10.9. The van der Waals surface area contributed by atoms with E-state index in [1.807, 2.05) is 0 Å². The van der Waals surface area contributed by atoms with Crippen molar-refractivity contribution in [3.63, 3.8) is 0 Å². The van der Waals surface area contributed by atoms with Gasteiger partial charge in [-0.3, -0.25) is 4.79 Å². The van der Waals surface area contributed by atoms with Crippen LogP contribution in [0.2, 0.25) is 0 Å². The molecule has 4 heteroatoms. The number of allylic oxidation sites excluding steroid dienone is 3. The van der Waals surface area contributed by atoms with Crippen LogP contribution in [0.25, 0.3) is 0 Å². The predicted octanol–water partition coefficient (Wildman–Crippen LogP) is 3.95. The van der Waals surface area contributed by atoms with Crippen LogP contribution < -0.4 is 4.74 Å². The lowest BCUT2D eigenvalue weighted by atomic mass is 10.1. The number of ether oxygens (including phenoxy) is 1. The Morgan fingerprint density at radius 2 is 1.74 bits per heavy atom. The van der Waals surface area contributed by atoms with Crippen molar-refractivity contribution in [1.29, 1.82) is 0 Å². The standard InChI is InChI=1S/C19H24O4/c1-14(2)5-4-6-15(3)11-12-23-17-9-7-16(8-10-17)13-18(20)19(21)22/h5,7-11H,4,6,12-13H2,1-3H3,(H,21,22). The molecule has 0 fully saturated rings. The van der Waals surface area contributed by atoms with Crippen LogP contribution in [0, 0.1) is 0 Å². The molecule has 23 heavy (non-hydrogen) atoms. The number of hydrogen-bond acceptors (Lipinski definition) is 3. The fourth-order valence-corrected chi connectivity index (χ4v) is 1.94. The highest BCUT2D eigenvalue weighted by Crippen LogP contribution is 2.13. The number of hydrogen-bond donors (Lipinski definition) is 1. The van der Waals surface area contributed by atoms with Gasteiger partial charge in [0.1, 0.15) is 12.4 Å². The number of carbonyl (C=O) groups is 2. The summed E-state index contributed by atoms with van der Waals surface area (Å²) in [5.74, 6) is -1.52. The maximum Gasteiger partial charge on any atom is 0.372 e. The smallest absolute Gasteiger partial charge is 0.372 e. The van der Waals surface area contributed by atoms with Crippen molar-refractivity contribution in [1.82, 2.24) is 0 Å². The zero-order valence-corrected chi connectivity index (χ0v) is 14.0. The van der Waals surface area contributed by atoms with Gasteiger partial charge < -0.3 is 9.84 Å². The molecule has 0 spiro atoms. The second kappa shape index (κ2) is 9.62. The van der Waals surface area contributed by atoms with E-state index < -0.39 is 11.8 Å². The highest BCUT2D eigenvalue weighted by atomic mass is 16.5. The molecule has 1 aromatic carbocycles. The van der Waals surface area contributed by atoms with Crippen LogP contribution in [-0.2, 0) is 16.0 Å². The molecule has 0 unspecified atom stereocenters. The number of aliphatic carboxylic acids is 1. The Bertz CT molecular complexity index is 590. The van der Waals surface area contributed by atoms with E-state index in [2.05, 4.69) is 32.9 Å². The maximum absolute atomic E-state index is 11.1. The highest BCUT2D eigenvalue weighted by Gasteiger charge is 2.11. The summed E-state index contributed by atoms with van der Waals surface area (Å²) in [5, 5.41) is 8.57. The first-order valence-electron chi connectivity index (χ1n) is 7.65. The summed E-state index contributed by atoms with van der Waals surface area (Å²) in [4.78, 5) is 21.6. The molecule has 0 aliphatic heterocycles. The molecule has 0 atom stereocenters. The highest BCUT2D eigenvalue weighted by molar-refractivity contribution is 6.33. The fourth-order valence-electron chi connectivity index (χ4n) is 1.94. The lowest BCUT2D eigenvalue weighted by molar-refractivity contribution is -0.148. The van der Waals surface area contributed by atoms with Gasteiger partial charge in [-0.2, -0.15) is 0 Å². The molecule has 124 valence electrons. The van der Waals surface area contributed by atoms with Crippen LogP contribution in [-0.4, -0.2) is 23.5 Å². The molecule has 4 nitrogen and oxygen atoms in total. The van der Waals surface area contributed by atoms with Gasteiger partial charge in [-0.1, -0.05) is 29.4 Å². The van der Waals surface area contributed by atoms with Crippen molar-refractivity contribution >= 4 is 11.8 Å². The molecule has 0 heterocycles. The third kappa shape index (κ3) is 8.00. The molecule has 0 aromatic heterocycles. The van der Waals surface area contributed by atoms with E-state index in [4.69, 9.17) is 9.84 Å². The topological polar surface area (TPSA) is 63.6 Å². The number of ketones is 1. The third-order valence-electron chi connectivity index (χ3n) is 3.30. The van der Waals surface area contributed by atoms with E-state index in [1.165, 1.54) is 11.1 Å². The minimum atomic E-state index is -1.40. The van der Waals surface area contributed by atoms with E-state index in [0.29, 0.717) is 17.9 Å². The first kappa shape index (κ1) is 18.7. The van der Waals surface area contributed by atoms with E-state index in [-0.39, 0.29) is 6.42 Å². The Hall–Kier alpha value is -2.36. The lowest BCUT2D eigenvalue weighted by Crippen LogP contribution is -2.14. The number of benzene rings is 1. The van der Waals surface area contributed by atoms with Crippen molar-refractivity contribution in [3.05, 3.63) is 53.1 Å². The third-order valence-corrected chi connectivity index (χ3v) is 3.30. The average molecular weight is 316 g/mol. The largest absolute Gasteiger partial charge is 0.490 e. The minimum absolute atomic E-state index is 0.0982. The van der Waals surface area contributed by atoms with E-state index in [0.717, 1.165) is 12.8 Å². The molecule has 0 saturated carbocycles. The zero-order chi connectivity index (χ0) is 17.2. The minimum Gasteiger partial charge on any atom is -0.490 e. The average Bonchev–Trinajstić information content (AvgIpc) is 2.48. The molecule has 0 aliphatic carbocycles. The summed E-state index contributed by atoms with van der Waals surface area (Å²) in [6.07, 6.45) is 6.23. The Morgan fingerprint density at radius 1 is 1.09 bits per heavy atom. The van der Waals surface area contributed by atoms with Gasteiger partial charge in [0.2, 0.25) is 5.78 Å². The first-order valence-corrected chi connectivity index (χ1v) is 7.65. The van der Waals surface area contributed by atoms with Crippen LogP contribution in [0.15, 0.2) is 47.6 Å². The number of carbonyl (C=O) groups excluding carboxylic acids is 1. The summed E-state index contributed by atoms with van der Waals surface area (Å²) in [7, 11) is 0. The summed E-state index contributed by atoms with van der Waals surface area (Å²) >= 11 is 0. The monoisotopic (exact) mass is 316 g/mol. The van der Waals surface area contributed by atoms with Crippen LogP contribution in [0.3, 0.4) is 0 Å². The van der Waals surface area contributed by atoms with Crippen molar-refractivity contribution < 1.29 is 19.4 Å². The van der Waals surface area contributed by atoms with Gasteiger partial charge in [-0.05, 0) is 57.4 Å². The Morgan fingerprint density at radius 3 is 2.30 bits per heavy atom. The molecule has 0 aliphatic rings. The maximum atomic E-state index is 11.1. The molecule has 1 rings (SSSR count). The van der Waals surface area contributed by atoms with Gasteiger partial charge in [0.05, 0.1) is 0 Å². The SMILES string of the molecule is CC(C)=CCCC(C)=CCOc1ccc(CC(=O)C(=O)O)cc1. The van der Waals surface area contributed by atoms with Crippen molar-refractivity contribution in [3.8, 4) is 5.75 Å². The van der Waals surface area contributed by atoms with Crippen LogP contribution in [0.1, 0.15) is 39.2 Å². The van der Waals surface area contributed by atoms with Gasteiger partial charge in [0.25, 0.3) is 0 Å². The predicted molar refractivity (Wildman–Crippen MR) is 90.7 cm³/mol. The summed E-state index contributed by atoms with van der Waals surface area (Å²) in [6, 6.07) is 6.91. The fraction of sp³-hybridized carbons (Fsp3) is 0.368. The number of rotatable bonds is 9.